The molecule has 3 atom stereocenters. The number of benzene rings is 1. The molecule has 2 aromatic rings. The van der Waals surface area contributed by atoms with Gasteiger partial charge in [-0.3, -0.25) is 4.90 Å². The molecule has 0 aliphatic carbocycles. The van der Waals surface area contributed by atoms with Gasteiger partial charge in [0.05, 0.1) is 5.69 Å². The molecule has 196 valence electrons. The van der Waals surface area contributed by atoms with Crippen molar-refractivity contribution in [3.63, 3.8) is 0 Å². The molecule has 2 bridgehead atoms. The maximum Gasteiger partial charge on any atom is 0.411 e. The second kappa shape index (κ2) is 9.97. The highest BCUT2D eigenvalue weighted by molar-refractivity contribution is 6.30. The molecule has 3 heterocycles. The summed E-state index contributed by atoms with van der Waals surface area (Å²) >= 11 is 6.10. The second-order valence-electron chi connectivity index (χ2n) is 10.2. The number of carbonyl (C=O) groups excluding carboxylic acids is 1. The fourth-order valence-electron chi connectivity index (χ4n) is 4.86. The van der Waals surface area contributed by atoms with Crippen molar-refractivity contribution >= 4 is 23.5 Å². The van der Waals surface area contributed by atoms with Gasteiger partial charge in [-0.25, -0.2) is 13.6 Å². The fraction of sp³-hybridized carbons (Fsp3) is 0.560. The third-order valence-corrected chi connectivity index (χ3v) is 6.71. The maximum absolute atomic E-state index is 14.9. The van der Waals surface area contributed by atoms with Crippen LogP contribution in [0.3, 0.4) is 0 Å². The molecule has 1 aromatic heterocycles. The van der Waals surface area contributed by atoms with Gasteiger partial charge in [0, 0.05) is 43.2 Å². The minimum atomic E-state index is -2.97. The van der Waals surface area contributed by atoms with Crippen LogP contribution in [0.4, 0.5) is 19.4 Å². The number of ether oxygens (including phenoxy) is 3. The molecule has 0 unspecified atom stereocenters. The summed E-state index contributed by atoms with van der Waals surface area (Å²) in [5.74, 6) is -1.92. The maximum atomic E-state index is 14.9. The summed E-state index contributed by atoms with van der Waals surface area (Å²) in [5, 5.41) is 9.20. The first kappa shape index (κ1) is 26.3. The van der Waals surface area contributed by atoms with Crippen molar-refractivity contribution < 1.29 is 27.8 Å². The SMILES string of the molecule is COCOc1cc(Cl)ccc1-c1ccc(N(C)[C@@H]2C[C@H]3CC(F)(F)[C@@H](C2)N3C(=O)OC(C)(C)C)nn1. The molecule has 1 aromatic carbocycles. The monoisotopic (exact) mass is 524 g/mol. The number of hydrogen-bond acceptors (Lipinski definition) is 7. The van der Waals surface area contributed by atoms with Gasteiger partial charge in [0.15, 0.2) is 12.6 Å². The lowest BCUT2D eigenvalue weighted by Gasteiger charge is -2.42. The van der Waals surface area contributed by atoms with Gasteiger partial charge < -0.3 is 19.1 Å². The molecule has 11 heteroatoms. The minimum Gasteiger partial charge on any atom is -0.467 e. The first-order valence-electron chi connectivity index (χ1n) is 11.8. The van der Waals surface area contributed by atoms with Gasteiger partial charge in [-0.05, 0) is 63.9 Å². The van der Waals surface area contributed by atoms with Crippen LogP contribution in [0.15, 0.2) is 30.3 Å². The van der Waals surface area contributed by atoms with Gasteiger partial charge in [0.25, 0.3) is 5.92 Å². The van der Waals surface area contributed by atoms with Crippen molar-refractivity contribution in [3.8, 4) is 17.0 Å². The molecular formula is C25H31ClF2N4O4. The van der Waals surface area contributed by atoms with E-state index < -0.39 is 29.7 Å². The molecule has 2 fully saturated rings. The van der Waals surface area contributed by atoms with Crippen molar-refractivity contribution in [1.82, 2.24) is 15.1 Å². The predicted molar refractivity (Wildman–Crippen MR) is 132 cm³/mol. The molecule has 2 aliphatic rings. The molecule has 4 rings (SSSR count). The Balaban J connectivity index is 1.51. The van der Waals surface area contributed by atoms with Crippen molar-refractivity contribution in [2.24, 2.45) is 0 Å². The van der Waals surface area contributed by atoms with E-state index in [1.807, 2.05) is 11.9 Å². The molecule has 0 saturated carbocycles. The van der Waals surface area contributed by atoms with E-state index >= 15 is 0 Å². The number of halogens is 3. The Hall–Kier alpha value is -2.72. The number of anilines is 1. The van der Waals surface area contributed by atoms with Gasteiger partial charge in [0.2, 0.25) is 0 Å². The summed E-state index contributed by atoms with van der Waals surface area (Å²) in [5.41, 5.74) is 0.512. The first-order valence-corrected chi connectivity index (χ1v) is 12.1. The topological polar surface area (TPSA) is 77.0 Å². The Kier molecular flexibility index (Phi) is 7.30. The van der Waals surface area contributed by atoms with E-state index in [1.54, 1.807) is 51.1 Å². The predicted octanol–water partition coefficient (Wildman–Crippen LogP) is 5.39. The molecular weight excluding hydrogens is 494 g/mol. The van der Waals surface area contributed by atoms with E-state index in [9.17, 15) is 13.6 Å². The van der Waals surface area contributed by atoms with Gasteiger partial charge in [-0.2, -0.15) is 0 Å². The van der Waals surface area contributed by atoms with Crippen molar-refractivity contribution in [1.29, 1.82) is 0 Å². The summed E-state index contributed by atoms with van der Waals surface area (Å²) in [4.78, 5) is 15.8. The lowest BCUT2D eigenvalue weighted by Crippen LogP contribution is -2.55. The number of alkyl halides is 2. The van der Waals surface area contributed by atoms with Crippen LogP contribution < -0.4 is 9.64 Å². The molecule has 2 saturated heterocycles. The summed E-state index contributed by atoms with van der Waals surface area (Å²) in [6.45, 7) is 5.23. The number of nitrogens with zero attached hydrogens (tertiary/aromatic N) is 4. The number of amides is 1. The Labute approximate surface area is 214 Å². The number of aromatic nitrogens is 2. The van der Waals surface area contributed by atoms with E-state index in [1.165, 1.54) is 12.0 Å². The summed E-state index contributed by atoms with van der Waals surface area (Å²) in [6, 6.07) is 6.70. The number of rotatable bonds is 6. The van der Waals surface area contributed by atoms with Gasteiger partial charge >= 0.3 is 6.09 Å². The highest BCUT2D eigenvalue weighted by Crippen LogP contribution is 2.47. The van der Waals surface area contributed by atoms with Crippen LogP contribution in [0.1, 0.15) is 40.0 Å². The van der Waals surface area contributed by atoms with E-state index in [0.717, 1.165) is 0 Å². The molecule has 1 amide bonds. The molecule has 8 nitrogen and oxygen atoms in total. The molecule has 36 heavy (non-hydrogen) atoms. The van der Waals surface area contributed by atoms with E-state index in [0.29, 0.717) is 34.3 Å². The van der Waals surface area contributed by atoms with E-state index in [2.05, 4.69) is 10.2 Å². The standard InChI is InChI=1S/C25H31ClF2N4O4/c1-24(2,3)36-23(33)32-17-11-16(12-21(32)25(27,28)13-17)31(4)22-9-8-19(29-30-22)18-7-6-15(26)10-20(18)35-14-34-5/h6-10,16-17,21H,11-14H2,1-5H3/t16-,17+,21-/m1/s1. The molecule has 0 radical (unpaired) electrons. The fourth-order valence-corrected chi connectivity index (χ4v) is 5.02. The zero-order chi connectivity index (χ0) is 26.3. The van der Waals surface area contributed by atoms with Crippen LogP contribution in [0.5, 0.6) is 5.75 Å². The lowest BCUT2D eigenvalue weighted by atomic mass is 9.96. The van der Waals surface area contributed by atoms with E-state index in [4.69, 9.17) is 25.8 Å². The second-order valence-corrected chi connectivity index (χ2v) is 10.7. The average Bonchev–Trinajstić information content (AvgIpc) is 2.96. The minimum absolute atomic E-state index is 0.0521. The third kappa shape index (κ3) is 5.49. The lowest BCUT2D eigenvalue weighted by molar-refractivity contribution is -0.0492. The number of piperidine rings is 1. The largest absolute Gasteiger partial charge is 0.467 e. The summed E-state index contributed by atoms with van der Waals surface area (Å²) in [6.07, 6.45) is -0.562. The quantitative estimate of drug-likeness (QED) is 0.469. The van der Waals surface area contributed by atoms with Crippen LogP contribution in [0, 0.1) is 0 Å². The van der Waals surface area contributed by atoms with E-state index in [-0.39, 0.29) is 25.7 Å². The third-order valence-electron chi connectivity index (χ3n) is 6.48. The zero-order valence-electron chi connectivity index (χ0n) is 21.0. The highest BCUT2D eigenvalue weighted by atomic mass is 35.5. The van der Waals surface area contributed by atoms with Gasteiger partial charge in [-0.1, -0.05) is 11.6 Å². The highest BCUT2D eigenvalue weighted by Gasteiger charge is 2.60. The summed E-state index contributed by atoms with van der Waals surface area (Å²) in [7, 11) is 3.33. The van der Waals surface area contributed by atoms with Gasteiger partial charge in [-0.15, -0.1) is 10.2 Å². The Morgan fingerprint density at radius 2 is 1.97 bits per heavy atom. The molecule has 0 N–H and O–H groups in total. The van der Waals surface area contributed by atoms with Crippen LogP contribution in [0.25, 0.3) is 11.3 Å². The van der Waals surface area contributed by atoms with Crippen molar-refractivity contribution in [2.45, 2.75) is 69.7 Å². The average molecular weight is 525 g/mol. The zero-order valence-corrected chi connectivity index (χ0v) is 21.8. The first-order chi connectivity index (χ1) is 16.9. The summed E-state index contributed by atoms with van der Waals surface area (Å²) < 4.78 is 45.7. The number of methoxy groups -OCH3 is 1. The van der Waals surface area contributed by atoms with Gasteiger partial charge in [0.1, 0.15) is 17.4 Å². The van der Waals surface area contributed by atoms with Crippen LogP contribution >= 0.6 is 11.6 Å². The number of hydrogen-bond donors (Lipinski definition) is 0. The van der Waals surface area contributed by atoms with Crippen molar-refractivity contribution in [3.05, 3.63) is 35.4 Å². The van der Waals surface area contributed by atoms with Crippen LogP contribution in [0.2, 0.25) is 5.02 Å². The smallest absolute Gasteiger partial charge is 0.411 e. The molecule has 2 aliphatic heterocycles. The Bertz CT molecular complexity index is 1100. The van der Waals surface area contributed by atoms with Crippen molar-refractivity contribution in [2.75, 3.05) is 25.9 Å². The van der Waals surface area contributed by atoms with Crippen LogP contribution in [-0.2, 0) is 9.47 Å². The number of carbonyl (C=O) groups is 1. The Morgan fingerprint density at radius 3 is 2.58 bits per heavy atom. The Morgan fingerprint density at radius 1 is 1.22 bits per heavy atom. The van der Waals surface area contributed by atoms with Crippen LogP contribution in [-0.4, -0.2) is 71.8 Å². The normalized spacial score (nSPS) is 22.9. The number of fused-ring (bicyclic) bond motifs is 2. The molecule has 0 spiro atoms.